The minimum absolute atomic E-state index is 0.577. The highest BCUT2D eigenvalue weighted by molar-refractivity contribution is 9.10. The summed E-state index contributed by atoms with van der Waals surface area (Å²) in [5.41, 5.74) is 1.45. The molecule has 106 valence electrons. The van der Waals surface area contributed by atoms with E-state index < -0.39 is 0 Å². The van der Waals surface area contributed by atoms with Crippen molar-refractivity contribution in [2.45, 2.75) is 32.2 Å². The molecule has 2 nitrogen and oxygen atoms in total. The Kier molecular flexibility index (Phi) is 5.86. The highest BCUT2D eigenvalue weighted by Gasteiger charge is 2.24. The van der Waals surface area contributed by atoms with Gasteiger partial charge in [0.2, 0.25) is 0 Å². The Hall–Kier alpha value is -0.380. The lowest BCUT2D eigenvalue weighted by molar-refractivity contribution is 0.129. The smallest absolute Gasteiger partial charge is 0.0345 e. The average Bonchev–Trinajstić information content (AvgIpc) is 2.42. The van der Waals surface area contributed by atoms with Gasteiger partial charge in [0.05, 0.1) is 0 Å². The number of piperidine rings is 1. The molecule has 3 heteroatoms. The molecule has 1 aliphatic heterocycles. The molecule has 1 aliphatic rings. The molecule has 19 heavy (non-hydrogen) atoms. The van der Waals surface area contributed by atoms with Crippen LogP contribution in [0.1, 0.15) is 37.8 Å². The largest absolute Gasteiger partial charge is 0.319 e. The van der Waals surface area contributed by atoms with Crippen LogP contribution in [-0.4, -0.2) is 31.6 Å². The number of rotatable bonds is 5. The number of hydrogen-bond donors (Lipinski definition) is 1. The molecule has 1 unspecified atom stereocenters. The van der Waals surface area contributed by atoms with Crippen molar-refractivity contribution in [3.8, 4) is 0 Å². The number of hydrogen-bond acceptors (Lipinski definition) is 2. The van der Waals surface area contributed by atoms with Crippen molar-refractivity contribution in [3.05, 3.63) is 34.3 Å². The summed E-state index contributed by atoms with van der Waals surface area (Å²) in [5, 5.41) is 3.31. The minimum atomic E-state index is 0.577. The fraction of sp³-hybridized carbons (Fsp3) is 0.625. The molecule has 1 heterocycles. The molecular weight excluding hydrogens is 300 g/mol. The Bertz CT molecular complexity index is 386. The first kappa shape index (κ1) is 15.0. The molecule has 1 atom stereocenters. The molecule has 1 aromatic rings. The van der Waals surface area contributed by atoms with E-state index in [9.17, 15) is 0 Å². The maximum atomic E-state index is 3.59. The Labute approximate surface area is 125 Å². The fourth-order valence-corrected chi connectivity index (χ4v) is 3.59. The van der Waals surface area contributed by atoms with Crippen LogP contribution in [0.15, 0.2) is 28.7 Å². The fourth-order valence-electron chi connectivity index (χ4n) is 3.18. The molecule has 1 saturated heterocycles. The van der Waals surface area contributed by atoms with Gasteiger partial charge in [0.1, 0.15) is 0 Å². The Morgan fingerprint density at radius 2 is 2.11 bits per heavy atom. The van der Waals surface area contributed by atoms with Crippen LogP contribution in [0.3, 0.4) is 0 Å². The van der Waals surface area contributed by atoms with E-state index in [0.29, 0.717) is 6.04 Å². The molecule has 1 aromatic carbocycles. The van der Waals surface area contributed by atoms with E-state index in [4.69, 9.17) is 0 Å². The summed E-state index contributed by atoms with van der Waals surface area (Å²) in [5.74, 6) is 0.862. The third-order valence-corrected chi connectivity index (χ3v) is 4.70. The van der Waals surface area contributed by atoms with Crippen molar-refractivity contribution in [1.29, 1.82) is 0 Å². The molecular formula is C16H25BrN2. The van der Waals surface area contributed by atoms with Crippen molar-refractivity contribution in [3.63, 3.8) is 0 Å². The Balaban J connectivity index is 1.99. The van der Waals surface area contributed by atoms with E-state index in [1.807, 2.05) is 0 Å². The summed E-state index contributed by atoms with van der Waals surface area (Å²) in [6, 6.07) is 9.37. The zero-order valence-corrected chi connectivity index (χ0v) is 13.6. The number of likely N-dealkylation sites (tertiary alicyclic amines) is 1. The van der Waals surface area contributed by atoms with E-state index in [1.54, 1.807) is 0 Å². The summed E-state index contributed by atoms with van der Waals surface area (Å²) in [4.78, 5) is 2.66. The van der Waals surface area contributed by atoms with E-state index in [2.05, 4.69) is 64.4 Å². The number of benzene rings is 1. The van der Waals surface area contributed by atoms with Crippen molar-refractivity contribution in [2.75, 3.05) is 26.7 Å². The molecule has 0 bridgehead atoms. The van der Waals surface area contributed by atoms with Gasteiger partial charge in [-0.1, -0.05) is 35.0 Å². The van der Waals surface area contributed by atoms with Crippen LogP contribution in [-0.2, 0) is 0 Å². The molecule has 1 fully saturated rings. The van der Waals surface area contributed by atoms with Gasteiger partial charge >= 0.3 is 0 Å². The molecule has 0 radical (unpaired) electrons. The highest BCUT2D eigenvalue weighted by Crippen LogP contribution is 2.30. The van der Waals surface area contributed by atoms with Crippen LogP contribution in [0.2, 0.25) is 0 Å². The average molecular weight is 325 g/mol. The SMILES string of the molecule is CCC(c1cccc(Br)c1)N1CCC(CNC)CC1. The third-order valence-electron chi connectivity index (χ3n) is 4.20. The predicted octanol–water partition coefficient (Wildman–Crippen LogP) is 3.83. The van der Waals surface area contributed by atoms with Crippen LogP contribution < -0.4 is 5.32 Å². The normalized spacial score (nSPS) is 19.5. The summed E-state index contributed by atoms with van der Waals surface area (Å²) in [6.07, 6.45) is 3.84. The topological polar surface area (TPSA) is 15.3 Å². The van der Waals surface area contributed by atoms with Crippen LogP contribution >= 0.6 is 15.9 Å². The predicted molar refractivity (Wildman–Crippen MR) is 85.4 cm³/mol. The zero-order chi connectivity index (χ0) is 13.7. The lowest BCUT2D eigenvalue weighted by Crippen LogP contribution is -2.38. The maximum Gasteiger partial charge on any atom is 0.0345 e. The number of nitrogens with one attached hydrogen (secondary N) is 1. The van der Waals surface area contributed by atoms with Crippen LogP contribution in [0.5, 0.6) is 0 Å². The lowest BCUT2D eigenvalue weighted by atomic mass is 9.93. The summed E-state index contributed by atoms with van der Waals surface area (Å²) >= 11 is 3.59. The first-order valence-corrected chi connectivity index (χ1v) is 8.18. The molecule has 0 spiro atoms. The van der Waals surface area contributed by atoms with Gasteiger partial charge in [-0.25, -0.2) is 0 Å². The zero-order valence-electron chi connectivity index (χ0n) is 12.0. The second-order valence-corrected chi connectivity index (χ2v) is 6.43. The molecule has 0 aromatic heterocycles. The van der Waals surface area contributed by atoms with Gasteiger partial charge in [0, 0.05) is 10.5 Å². The van der Waals surface area contributed by atoms with Crippen molar-refractivity contribution in [2.24, 2.45) is 5.92 Å². The van der Waals surface area contributed by atoms with E-state index in [-0.39, 0.29) is 0 Å². The van der Waals surface area contributed by atoms with Crippen LogP contribution in [0.25, 0.3) is 0 Å². The number of halogens is 1. The summed E-state index contributed by atoms with van der Waals surface area (Å²) < 4.78 is 1.19. The highest BCUT2D eigenvalue weighted by atomic mass is 79.9. The van der Waals surface area contributed by atoms with Crippen molar-refractivity contribution >= 4 is 15.9 Å². The van der Waals surface area contributed by atoms with E-state index in [0.717, 1.165) is 5.92 Å². The monoisotopic (exact) mass is 324 g/mol. The second kappa shape index (κ2) is 7.41. The van der Waals surface area contributed by atoms with Gasteiger partial charge in [-0.2, -0.15) is 0 Å². The molecule has 1 N–H and O–H groups in total. The maximum absolute atomic E-state index is 3.59. The lowest BCUT2D eigenvalue weighted by Gasteiger charge is -2.37. The standard InChI is InChI=1S/C16H25BrN2/c1-3-16(14-5-4-6-15(17)11-14)19-9-7-13(8-10-19)12-18-2/h4-6,11,13,16,18H,3,7-10,12H2,1-2H3. The van der Waals surface area contributed by atoms with Gasteiger partial charge in [-0.3, -0.25) is 4.90 Å². The van der Waals surface area contributed by atoms with E-state index in [1.165, 1.54) is 48.9 Å². The Morgan fingerprint density at radius 1 is 1.37 bits per heavy atom. The molecule has 0 aliphatic carbocycles. The summed E-state index contributed by atoms with van der Waals surface area (Å²) in [7, 11) is 2.06. The van der Waals surface area contributed by atoms with Gasteiger partial charge < -0.3 is 5.32 Å². The van der Waals surface area contributed by atoms with Gasteiger partial charge in [0.25, 0.3) is 0 Å². The number of nitrogens with zero attached hydrogens (tertiary/aromatic N) is 1. The van der Waals surface area contributed by atoms with Gasteiger partial charge in [-0.05, 0) is 69.6 Å². The quantitative estimate of drug-likeness (QED) is 0.885. The molecule has 0 amide bonds. The van der Waals surface area contributed by atoms with Gasteiger partial charge in [-0.15, -0.1) is 0 Å². The second-order valence-electron chi connectivity index (χ2n) is 5.52. The van der Waals surface area contributed by atoms with Crippen LogP contribution in [0, 0.1) is 5.92 Å². The summed E-state index contributed by atoms with van der Waals surface area (Å²) in [6.45, 7) is 5.93. The third kappa shape index (κ3) is 4.04. The van der Waals surface area contributed by atoms with Crippen molar-refractivity contribution in [1.82, 2.24) is 10.2 Å². The van der Waals surface area contributed by atoms with Crippen molar-refractivity contribution < 1.29 is 0 Å². The van der Waals surface area contributed by atoms with E-state index >= 15 is 0 Å². The first-order chi connectivity index (χ1) is 9.24. The van der Waals surface area contributed by atoms with Crippen LogP contribution in [0.4, 0.5) is 0 Å². The minimum Gasteiger partial charge on any atom is -0.319 e. The molecule has 0 saturated carbocycles. The van der Waals surface area contributed by atoms with Gasteiger partial charge in [0.15, 0.2) is 0 Å². The first-order valence-electron chi connectivity index (χ1n) is 7.38. The molecule has 2 rings (SSSR count). The Morgan fingerprint density at radius 3 is 2.68 bits per heavy atom.